The predicted octanol–water partition coefficient (Wildman–Crippen LogP) is 2.27. The summed E-state index contributed by atoms with van der Waals surface area (Å²) < 4.78 is 1.83. The maximum atomic E-state index is 8.71. The molecule has 0 aromatic carbocycles. The second kappa shape index (κ2) is 4.37. The van der Waals surface area contributed by atoms with Crippen LogP contribution in [0.5, 0.6) is 0 Å². The van der Waals surface area contributed by atoms with E-state index in [-0.39, 0.29) is 0 Å². The number of rotatable bonds is 3. The molecular formula is C11H12N4S. The van der Waals surface area contributed by atoms with Crippen molar-refractivity contribution in [3.63, 3.8) is 0 Å². The van der Waals surface area contributed by atoms with Crippen LogP contribution in [0.4, 0.5) is 5.69 Å². The maximum Gasteiger partial charge on any atom is 0.100 e. The molecule has 0 aliphatic heterocycles. The van der Waals surface area contributed by atoms with Crippen molar-refractivity contribution in [2.75, 3.05) is 5.32 Å². The minimum Gasteiger partial charge on any atom is -0.377 e. The molecule has 0 radical (unpaired) electrons. The lowest BCUT2D eigenvalue weighted by Gasteiger charge is -2.03. The Morgan fingerprint density at radius 3 is 3.00 bits per heavy atom. The van der Waals surface area contributed by atoms with Crippen molar-refractivity contribution in [1.82, 2.24) is 9.78 Å². The first-order chi connectivity index (χ1) is 7.70. The van der Waals surface area contributed by atoms with Gasteiger partial charge in [-0.1, -0.05) is 0 Å². The molecule has 0 spiro atoms. The molecule has 0 aliphatic carbocycles. The van der Waals surface area contributed by atoms with Gasteiger partial charge in [0.05, 0.1) is 23.1 Å². The van der Waals surface area contributed by atoms with Crippen LogP contribution in [0.2, 0.25) is 0 Å². The van der Waals surface area contributed by atoms with Gasteiger partial charge in [-0.25, -0.2) is 0 Å². The number of nitriles is 1. The first kappa shape index (κ1) is 10.7. The molecule has 2 aromatic heterocycles. The van der Waals surface area contributed by atoms with Crippen molar-refractivity contribution in [2.45, 2.75) is 13.5 Å². The van der Waals surface area contributed by atoms with E-state index in [1.165, 1.54) is 0 Å². The van der Waals surface area contributed by atoms with Gasteiger partial charge >= 0.3 is 0 Å². The lowest BCUT2D eigenvalue weighted by atomic mass is 10.3. The van der Waals surface area contributed by atoms with E-state index < -0.39 is 0 Å². The number of hydrogen-bond donors (Lipinski definition) is 1. The van der Waals surface area contributed by atoms with E-state index in [2.05, 4.69) is 16.5 Å². The molecule has 0 fully saturated rings. The van der Waals surface area contributed by atoms with Crippen LogP contribution < -0.4 is 5.32 Å². The van der Waals surface area contributed by atoms with Crippen molar-refractivity contribution >= 4 is 17.0 Å². The average Bonchev–Trinajstić information content (AvgIpc) is 2.86. The van der Waals surface area contributed by atoms with Gasteiger partial charge in [0.2, 0.25) is 0 Å². The fourth-order valence-electron chi connectivity index (χ4n) is 1.39. The summed E-state index contributed by atoms with van der Waals surface area (Å²) >= 11 is 1.59. The van der Waals surface area contributed by atoms with E-state index in [0.717, 1.165) is 28.4 Å². The Labute approximate surface area is 98.1 Å². The minimum absolute atomic E-state index is 0.727. The van der Waals surface area contributed by atoms with Gasteiger partial charge in [-0.2, -0.15) is 10.4 Å². The number of aryl methyl sites for hydroxylation is 1. The number of nitrogens with one attached hydrogen (secondary N) is 1. The van der Waals surface area contributed by atoms with Crippen LogP contribution in [0.15, 0.2) is 17.6 Å². The monoisotopic (exact) mass is 232 g/mol. The topological polar surface area (TPSA) is 53.6 Å². The number of thiophene rings is 1. The molecule has 2 rings (SSSR count). The first-order valence-corrected chi connectivity index (χ1v) is 5.78. The molecule has 0 saturated heterocycles. The lowest BCUT2D eigenvalue weighted by molar-refractivity contribution is 0.740. The Bertz CT molecular complexity index is 532. The first-order valence-electron chi connectivity index (χ1n) is 4.90. The summed E-state index contributed by atoms with van der Waals surface area (Å²) in [5, 5.41) is 18.0. The van der Waals surface area contributed by atoms with Gasteiger partial charge in [0.25, 0.3) is 0 Å². The van der Waals surface area contributed by atoms with Gasteiger partial charge < -0.3 is 5.32 Å². The maximum absolute atomic E-state index is 8.71. The fraction of sp³-hybridized carbons (Fsp3) is 0.273. The highest BCUT2D eigenvalue weighted by molar-refractivity contribution is 7.10. The molecule has 0 bridgehead atoms. The summed E-state index contributed by atoms with van der Waals surface area (Å²) in [6.45, 7) is 2.75. The summed E-state index contributed by atoms with van der Waals surface area (Å²) in [5.41, 5.74) is 2.87. The molecule has 2 heterocycles. The van der Waals surface area contributed by atoms with E-state index in [0.29, 0.717) is 0 Å². The third-order valence-electron chi connectivity index (χ3n) is 2.47. The summed E-state index contributed by atoms with van der Waals surface area (Å²) in [7, 11) is 1.92. The van der Waals surface area contributed by atoms with Gasteiger partial charge in [0.15, 0.2) is 0 Å². The SMILES string of the molecule is Cc1c(NCc2cc(C#N)cs2)cnn1C. The fourth-order valence-corrected chi connectivity index (χ4v) is 2.14. The zero-order chi connectivity index (χ0) is 11.5. The van der Waals surface area contributed by atoms with Crippen LogP contribution in [0.1, 0.15) is 16.1 Å². The average molecular weight is 232 g/mol. The van der Waals surface area contributed by atoms with Crippen LogP contribution in [0.3, 0.4) is 0 Å². The molecule has 82 valence electrons. The van der Waals surface area contributed by atoms with Gasteiger partial charge in [-0.3, -0.25) is 4.68 Å². The molecule has 0 unspecified atom stereocenters. The number of hydrogen-bond acceptors (Lipinski definition) is 4. The van der Waals surface area contributed by atoms with E-state index >= 15 is 0 Å². The number of nitrogens with zero attached hydrogens (tertiary/aromatic N) is 3. The Balaban J connectivity index is 2.02. The second-order valence-electron chi connectivity index (χ2n) is 3.53. The van der Waals surface area contributed by atoms with Gasteiger partial charge in [0.1, 0.15) is 6.07 Å². The molecule has 4 nitrogen and oxygen atoms in total. The Morgan fingerprint density at radius 1 is 1.62 bits per heavy atom. The van der Waals surface area contributed by atoms with Gasteiger partial charge in [0, 0.05) is 23.8 Å². The Hall–Kier alpha value is -1.80. The summed E-state index contributed by atoms with van der Waals surface area (Å²) in [6, 6.07) is 4.03. The van der Waals surface area contributed by atoms with Crippen LogP contribution in [0.25, 0.3) is 0 Å². The van der Waals surface area contributed by atoms with Gasteiger partial charge in [-0.15, -0.1) is 11.3 Å². The second-order valence-corrected chi connectivity index (χ2v) is 4.53. The highest BCUT2D eigenvalue weighted by Gasteiger charge is 2.04. The molecule has 0 saturated carbocycles. The third-order valence-corrected chi connectivity index (χ3v) is 3.41. The van der Waals surface area contributed by atoms with Crippen molar-refractivity contribution in [1.29, 1.82) is 5.26 Å². The van der Waals surface area contributed by atoms with Crippen molar-refractivity contribution in [3.05, 3.63) is 33.8 Å². The predicted molar refractivity (Wildman–Crippen MR) is 64.3 cm³/mol. The molecule has 2 aromatic rings. The highest BCUT2D eigenvalue weighted by Crippen LogP contribution is 2.17. The van der Waals surface area contributed by atoms with E-state index in [1.54, 1.807) is 11.3 Å². The van der Waals surface area contributed by atoms with Crippen molar-refractivity contribution in [3.8, 4) is 6.07 Å². The zero-order valence-electron chi connectivity index (χ0n) is 9.19. The number of aromatic nitrogens is 2. The van der Waals surface area contributed by atoms with Crippen molar-refractivity contribution < 1.29 is 0 Å². The Morgan fingerprint density at radius 2 is 2.44 bits per heavy atom. The quantitative estimate of drug-likeness (QED) is 0.883. The third kappa shape index (κ3) is 2.07. The summed E-state index contributed by atoms with van der Waals surface area (Å²) in [4.78, 5) is 1.15. The highest BCUT2D eigenvalue weighted by atomic mass is 32.1. The Kier molecular flexibility index (Phi) is 2.93. The molecular weight excluding hydrogens is 220 g/mol. The standard InChI is InChI=1S/C11H12N4S/c1-8-11(6-14-15(8)2)13-5-10-3-9(4-12)7-16-10/h3,6-7,13H,5H2,1-2H3. The summed E-state index contributed by atoms with van der Waals surface area (Å²) in [6.07, 6.45) is 1.81. The lowest BCUT2D eigenvalue weighted by Crippen LogP contribution is -1.99. The smallest absolute Gasteiger partial charge is 0.100 e. The van der Waals surface area contributed by atoms with Crippen LogP contribution >= 0.6 is 11.3 Å². The van der Waals surface area contributed by atoms with E-state index in [4.69, 9.17) is 5.26 Å². The molecule has 1 N–H and O–H groups in total. The number of anilines is 1. The minimum atomic E-state index is 0.727. The van der Waals surface area contributed by atoms with Crippen LogP contribution in [-0.4, -0.2) is 9.78 Å². The van der Waals surface area contributed by atoms with Crippen LogP contribution in [0, 0.1) is 18.3 Å². The normalized spacial score (nSPS) is 10.1. The van der Waals surface area contributed by atoms with E-state index in [1.807, 2.05) is 36.3 Å². The van der Waals surface area contributed by atoms with Crippen molar-refractivity contribution in [2.24, 2.45) is 7.05 Å². The molecule has 0 aliphatic rings. The van der Waals surface area contributed by atoms with Gasteiger partial charge in [-0.05, 0) is 13.0 Å². The molecule has 0 atom stereocenters. The zero-order valence-corrected chi connectivity index (χ0v) is 10.0. The largest absolute Gasteiger partial charge is 0.377 e. The molecule has 5 heteroatoms. The summed E-state index contributed by atoms with van der Waals surface area (Å²) in [5.74, 6) is 0. The molecule has 0 amide bonds. The molecule has 16 heavy (non-hydrogen) atoms. The van der Waals surface area contributed by atoms with E-state index in [9.17, 15) is 0 Å². The van der Waals surface area contributed by atoms with Crippen LogP contribution in [-0.2, 0) is 13.6 Å².